The molecule has 1 aliphatic heterocycles. The number of nitrogens with two attached hydrogens (primary N) is 1. The third kappa shape index (κ3) is 1.52. The van der Waals surface area contributed by atoms with Gasteiger partial charge in [0.1, 0.15) is 5.69 Å². The zero-order chi connectivity index (χ0) is 9.42. The molecule has 2 amide bonds. The molecule has 0 fully saturated rings. The third-order valence-corrected chi connectivity index (χ3v) is 2.06. The highest BCUT2D eigenvalue weighted by Gasteiger charge is 2.28. The number of carbonyl (C=O) groups is 1. The Morgan fingerprint density at radius 3 is 2.79 bits per heavy atom. The molecule has 1 aromatic carbocycles. The second kappa shape index (κ2) is 3.83. The van der Waals surface area contributed by atoms with E-state index >= 15 is 0 Å². The van der Waals surface area contributed by atoms with E-state index in [1.807, 2.05) is 0 Å². The summed E-state index contributed by atoms with van der Waals surface area (Å²) in [6.45, 7) is 0.0642. The summed E-state index contributed by atoms with van der Waals surface area (Å²) in [4.78, 5) is 12.2. The maximum Gasteiger partial charge on any atom is 0.323 e. The molecule has 0 aromatic heterocycles. The Morgan fingerprint density at radius 1 is 1.50 bits per heavy atom. The molecule has 1 unspecified atom stereocenters. The van der Waals surface area contributed by atoms with Crippen LogP contribution in [0.4, 0.5) is 16.2 Å². The molecular weight excluding hydrogens is 206 g/mol. The van der Waals surface area contributed by atoms with Crippen LogP contribution in [0.5, 0.6) is 0 Å². The van der Waals surface area contributed by atoms with Gasteiger partial charge < -0.3 is 28.4 Å². The lowest BCUT2D eigenvalue weighted by Gasteiger charge is -2.15. The van der Waals surface area contributed by atoms with Crippen molar-refractivity contribution in [1.29, 1.82) is 0 Å². The second-order valence-corrected chi connectivity index (χ2v) is 2.86. The largest absolute Gasteiger partial charge is 1.00 e. The first-order valence-corrected chi connectivity index (χ1v) is 3.89. The molecule has 1 aromatic rings. The van der Waals surface area contributed by atoms with Gasteiger partial charge in [-0.25, -0.2) is 9.69 Å². The van der Waals surface area contributed by atoms with E-state index in [0.717, 1.165) is 0 Å². The number of nitrogens with one attached hydrogen (secondary N) is 1. The number of nitrogens with zero attached hydrogens (tertiary/aromatic N) is 1. The molecule has 6 heteroatoms. The van der Waals surface area contributed by atoms with Gasteiger partial charge in [-0.2, -0.15) is 0 Å². The number of halogens is 1. The number of benzene rings is 1. The summed E-state index contributed by atoms with van der Waals surface area (Å²) >= 11 is 0. The summed E-state index contributed by atoms with van der Waals surface area (Å²) in [7, 11) is 0. The minimum Gasteiger partial charge on any atom is -1.00 e. The van der Waals surface area contributed by atoms with Crippen LogP contribution in [-0.4, -0.2) is 12.7 Å². The SMILES string of the molecule is NC(=O)N1C[NH+]([O-])c2ccccc21.[Cl-]. The predicted octanol–water partition coefficient (Wildman–Crippen LogP) is -3.44. The van der Waals surface area contributed by atoms with Crippen molar-refractivity contribution in [3.8, 4) is 0 Å². The van der Waals surface area contributed by atoms with Crippen LogP contribution < -0.4 is 28.1 Å². The van der Waals surface area contributed by atoms with Crippen molar-refractivity contribution in [3.05, 3.63) is 29.5 Å². The average molecular weight is 215 g/mol. The van der Waals surface area contributed by atoms with Gasteiger partial charge in [0.05, 0.1) is 0 Å². The van der Waals surface area contributed by atoms with Gasteiger partial charge in [0.2, 0.25) is 0 Å². The molecule has 1 heterocycles. The molecule has 5 nitrogen and oxygen atoms in total. The van der Waals surface area contributed by atoms with Crippen molar-refractivity contribution in [1.82, 2.24) is 0 Å². The zero-order valence-corrected chi connectivity index (χ0v) is 7.99. The van der Waals surface area contributed by atoms with Crippen LogP contribution >= 0.6 is 0 Å². The van der Waals surface area contributed by atoms with Crippen LogP contribution in [0.2, 0.25) is 0 Å². The van der Waals surface area contributed by atoms with Crippen molar-refractivity contribution in [2.24, 2.45) is 5.73 Å². The average Bonchev–Trinajstić information content (AvgIpc) is 2.45. The number of hydroxylamine groups is 1. The second-order valence-electron chi connectivity index (χ2n) is 2.86. The summed E-state index contributed by atoms with van der Waals surface area (Å²) in [6, 6.07) is 6.36. The fourth-order valence-corrected chi connectivity index (χ4v) is 1.46. The van der Waals surface area contributed by atoms with Crippen molar-refractivity contribution in [2.75, 3.05) is 11.6 Å². The van der Waals surface area contributed by atoms with Crippen molar-refractivity contribution < 1.29 is 22.3 Å². The molecule has 1 aliphatic rings. The number of rotatable bonds is 0. The number of fused-ring (bicyclic) bond motifs is 1. The summed E-state index contributed by atoms with van der Waals surface area (Å²) in [5.41, 5.74) is 6.29. The number of quaternary nitrogens is 1. The van der Waals surface area contributed by atoms with E-state index < -0.39 is 6.03 Å². The van der Waals surface area contributed by atoms with Crippen molar-refractivity contribution in [2.45, 2.75) is 0 Å². The fourth-order valence-electron chi connectivity index (χ4n) is 1.46. The summed E-state index contributed by atoms with van der Waals surface area (Å²) in [6.07, 6.45) is 0. The summed E-state index contributed by atoms with van der Waals surface area (Å²) < 4.78 is 0. The lowest BCUT2D eigenvalue weighted by molar-refractivity contribution is -0.767. The van der Waals surface area contributed by atoms with Gasteiger partial charge in [-0.1, -0.05) is 12.1 Å². The standard InChI is InChI=1S/C8H9N3O2.ClH/c9-8(12)10-5-11(13)7-4-2-1-3-6(7)10;/h1-4,11H,5H2,(H2,9,12);1H/p-1. The molecule has 0 saturated carbocycles. The van der Waals surface area contributed by atoms with Crippen LogP contribution in [-0.2, 0) is 0 Å². The number of hydrogen-bond donors (Lipinski definition) is 2. The first-order valence-electron chi connectivity index (χ1n) is 3.89. The molecule has 3 N–H and O–H groups in total. The minimum atomic E-state index is -0.585. The van der Waals surface area contributed by atoms with Crippen LogP contribution in [0, 0.1) is 5.21 Å². The number of primary amides is 1. The van der Waals surface area contributed by atoms with Gasteiger partial charge in [-0.15, -0.1) is 0 Å². The Morgan fingerprint density at radius 2 is 2.14 bits per heavy atom. The van der Waals surface area contributed by atoms with Crippen molar-refractivity contribution in [3.63, 3.8) is 0 Å². The number of hydrogen-bond acceptors (Lipinski definition) is 2. The lowest BCUT2D eigenvalue weighted by atomic mass is 10.3. The molecule has 0 spiro atoms. The van der Waals surface area contributed by atoms with Gasteiger partial charge in [0, 0.05) is 6.07 Å². The predicted molar refractivity (Wildman–Crippen MR) is 47.4 cm³/mol. The Labute approximate surface area is 87.1 Å². The van der Waals surface area contributed by atoms with Gasteiger partial charge in [-0.3, -0.25) is 0 Å². The lowest BCUT2D eigenvalue weighted by Crippen LogP contribution is -3.01. The van der Waals surface area contributed by atoms with Gasteiger partial charge in [0.15, 0.2) is 12.4 Å². The van der Waals surface area contributed by atoms with Gasteiger partial charge in [0.25, 0.3) is 0 Å². The molecule has 0 radical (unpaired) electrons. The topological polar surface area (TPSA) is 73.8 Å². The van der Waals surface area contributed by atoms with Crippen LogP contribution in [0.1, 0.15) is 0 Å². The maximum atomic E-state index is 11.3. The highest BCUT2D eigenvalue weighted by atomic mass is 35.5. The number of para-hydroxylation sites is 2. The molecular formula is C8H9ClN3O2-. The van der Waals surface area contributed by atoms with Crippen LogP contribution in [0.15, 0.2) is 24.3 Å². The molecule has 14 heavy (non-hydrogen) atoms. The third-order valence-electron chi connectivity index (χ3n) is 2.06. The number of amides is 2. The van der Waals surface area contributed by atoms with E-state index in [1.54, 1.807) is 24.3 Å². The van der Waals surface area contributed by atoms with Crippen molar-refractivity contribution >= 4 is 17.4 Å². The van der Waals surface area contributed by atoms with Gasteiger partial charge >= 0.3 is 6.03 Å². The van der Waals surface area contributed by atoms with E-state index in [0.29, 0.717) is 11.4 Å². The molecule has 76 valence electrons. The number of anilines is 1. The first-order chi connectivity index (χ1) is 6.20. The Hall–Kier alpha value is -1.30. The fraction of sp³-hybridized carbons (Fsp3) is 0.125. The monoisotopic (exact) mass is 214 g/mol. The summed E-state index contributed by atoms with van der Waals surface area (Å²) in [5.74, 6) is 0. The zero-order valence-electron chi connectivity index (χ0n) is 7.24. The van der Waals surface area contributed by atoms with E-state index in [1.165, 1.54) is 4.90 Å². The minimum absolute atomic E-state index is 0. The smallest absolute Gasteiger partial charge is 0.323 e. The number of urea groups is 1. The molecule has 1 atom stereocenters. The molecule has 0 saturated heterocycles. The van der Waals surface area contributed by atoms with E-state index in [4.69, 9.17) is 5.73 Å². The van der Waals surface area contributed by atoms with Crippen LogP contribution in [0.25, 0.3) is 0 Å². The molecule has 0 bridgehead atoms. The Kier molecular flexibility index (Phi) is 2.95. The Balaban J connectivity index is 0.000000980. The van der Waals surface area contributed by atoms with Gasteiger partial charge in [-0.05, 0) is 6.07 Å². The van der Waals surface area contributed by atoms with E-state index in [9.17, 15) is 10.0 Å². The maximum absolute atomic E-state index is 11.3. The Bertz CT molecular complexity index is 358. The summed E-state index contributed by atoms with van der Waals surface area (Å²) in [5, 5.41) is 11.3. The molecule has 2 rings (SSSR count). The first kappa shape index (κ1) is 10.8. The number of carbonyl (C=O) groups excluding carboxylic acids is 1. The highest BCUT2D eigenvalue weighted by molar-refractivity contribution is 5.94. The van der Waals surface area contributed by atoms with Crippen LogP contribution in [0.3, 0.4) is 0 Å². The van der Waals surface area contributed by atoms with E-state index in [-0.39, 0.29) is 24.1 Å². The quantitative estimate of drug-likeness (QED) is 0.441. The van der Waals surface area contributed by atoms with E-state index in [2.05, 4.69) is 0 Å². The molecule has 0 aliphatic carbocycles. The normalized spacial score (nSPS) is 18.6. The highest BCUT2D eigenvalue weighted by Crippen LogP contribution is 2.24.